The summed E-state index contributed by atoms with van der Waals surface area (Å²) in [5.41, 5.74) is 7.66. The monoisotopic (exact) mass is 1070 g/mol. The Bertz CT molecular complexity index is 2780. The van der Waals surface area contributed by atoms with Crippen molar-refractivity contribution in [2.45, 2.75) is 93.8 Å². The molecule has 0 aliphatic carbocycles. The van der Waals surface area contributed by atoms with Crippen molar-refractivity contribution in [1.82, 2.24) is 0 Å². The first-order chi connectivity index (χ1) is 34.9. The second kappa shape index (κ2) is 30.6. The lowest BCUT2D eigenvalue weighted by Crippen LogP contribution is -2.27. The summed E-state index contributed by atoms with van der Waals surface area (Å²) in [6, 6.07) is 39.0. The molecule has 6 aromatic carbocycles. The molecule has 0 heterocycles. The van der Waals surface area contributed by atoms with Crippen molar-refractivity contribution in [3.8, 4) is 34.8 Å². The van der Waals surface area contributed by atoms with Gasteiger partial charge in [-0.3, -0.25) is 0 Å². The molecule has 0 amide bonds. The van der Waals surface area contributed by atoms with E-state index >= 15 is 0 Å². The summed E-state index contributed by atoms with van der Waals surface area (Å²) in [5, 5.41) is 37.4. The third-order valence-corrected chi connectivity index (χ3v) is 14.6. The summed E-state index contributed by atoms with van der Waals surface area (Å²) in [5.74, 6) is 1.51. The third-order valence-electron chi connectivity index (χ3n) is 10.8. The number of rotatable bonds is 23. The highest BCUT2D eigenvalue weighted by molar-refractivity contribution is 7.99. The van der Waals surface area contributed by atoms with Crippen LogP contribution in [-0.4, -0.2) is 83.0 Å². The number of methoxy groups -OCH3 is 2. The first-order valence-corrected chi connectivity index (χ1v) is 26.5. The zero-order valence-electron chi connectivity index (χ0n) is 42.2. The second-order valence-electron chi connectivity index (χ2n) is 16.7. The van der Waals surface area contributed by atoms with Crippen molar-refractivity contribution in [3.05, 3.63) is 165 Å². The number of hydrogen-bond acceptors (Lipinski definition) is 12. The summed E-state index contributed by atoms with van der Waals surface area (Å²) >= 11 is 10.9. The molecule has 3 unspecified atom stereocenters. The molecule has 0 aromatic heterocycles. The minimum atomic E-state index is -1.00. The molecule has 73 heavy (non-hydrogen) atoms. The van der Waals surface area contributed by atoms with Crippen LogP contribution in [0.3, 0.4) is 0 Å². The van der Waals surface area contributed by atoms with E-state index in [0.717, 1.165) is 9.79 Å². The van der Waals surface area contributed by atoms with Crippen molar-refractivity contribution in [2.24, 2.45) is 0 Å². The number of aryl methyl sites for hydroxylation is 6. The van der Waals surface area contributed by atoms with E-state index in [9.17, 15) is 29.7 Å². The summed E-state index contributed by atoms with van der Waals surface area (Å²) in [4.78, 5) is 37.9. The van der Waals surface area contributed by atoms with Gasteiger partial charge in [-0.15, -0.1) is 35.3 Å². The Morgan fingerprint density at radius 3 is 1.22 bits per heavy atom. The van der Waals surface area contributed by atoms with Gasteiger partial charge in [0.2, 0.25) is 0 Å². The van der Waals surface area contributed by atoms with E-state index < -0.39 is 36.2 Å². The number of carboxylic acids is 3. The van der Waals surface area contributed by atoms with Crippen LogP contribution in [0.25, 0.3) is 0 Å². The number of carbonyl (C=O) groups is 3. The molecule has 0 radical (unpaired) electrons. The quantitative estimate of drug-likeness (QED) is 0.0515. The normalized spacial score (nSPS) is 11.7. The Morgan fingerprint density at radius 1 is 0.493 bits per heavy atom. The first kappa shape index (κ1) is 59.1. The van der Waals surface area contributed by atoms with E-state index in [0.29, 0.717) is 75.9 Å². The van der Waals surface area contributed by atoms with Gasteiger partial charge in [0, 0.05) is 62.3 Å². The smallest absolute Gasteiger partial charge is 0.344 e. The van der Waals surface area contributed by atoms with E-state index in [1.165, 1.54) is 45.4 Å². The van der Waals surface area contributed by atoms with Crippen molar-refractivity contribution in [2.75, 3.05) is 31.5 Å². The average molecular weight is 1070 g/mol. The van der Waals surface area contributed by atoms with Gasteiger partial charge in [0.25, 0.3) is 0 Å². The maximum absolute atomic E-state index is 11.5. The predicted octanol–water partition coefficient (Wildman–Crippen LogP) is 13.5. The molecule has 0 saturated carbocycles. The molecule has 386 valence electrons. The molecule has 0 aliphatic rings. The van der Waals surface area contributed by atoms with Crippen molar-refractivity contribution in [1.29, 1.82) is 5.26 Å². The van der Waals surface area contributed by atoms with Crippen LogP contribution in [-0.2, 0) is 14.4 Å². The summed E-state index contributed by atoms with van der Waals surface area (Å²) < 4.78 is 27.1. The van der Waals surface area contributed by atoms with Crippen LogP contribution in [0.5, 0.6) is 28.7 Å². The molecular weight excluding hydrogens is 1010 g/mol. The molecule has 3 N–H and O–H groups in total. The number of nitrogens with zero attached hydrogens (tertiary/aromatic N) is 1. The van der Waals surface area contributed by atoms with E-state index in [4.69, 9.17) is 40.5 Å². The summed E-state index contributed by atoms with van der Waals surface area (Å²) in [6.07, 6.45) is -1.52. The average Bonchev–Trinajstić information content (AvgIpc) is 3.37. The Balaban J connectivity index is 0.000000237. The Labute approximate surface area is 446 Å². The molecule has 12 nitrogen and oxygen atoms in total. The highest BCUT2D eigenvalue weighted by atomic mass is 35.5. The van der Waals surface area contributed by atoms with Gasteiger partial charge < -0.3 is 39.0 Å². The predicted molar refractivity (Wildman–Crippen MR) is 292 cm³/mol. The molecule has 0 fully saturated rings. The second-order valence-corrected chi connectivity index (χ2v) is 20.5. The minimum absolute atomic E-state index is 0.371. The topological polar surface area (TPSA) is 182 Å². The fraction of sp³-hybridized carbons (Fsp3) is 0.298. The van der Waals surface area contributed by atoms with E-state index in [1.807, 2.05) is 33.8 Å². The number of benzene rings is 6. The van der Waals surface area contributed by atoms with Gasteiger partial charge in [0.15, 0.2) is 29.8 Å². The number of ether oxygens (including phenoxy) is 5. The highest BCUT2D eigenvalue weighted by Gasteiger charge is 2.23. The van der Waals surface area contributed by atoms with Gasteiger partial charge >= 0.3 is 17.9 Å². The molecule has 6 aromatic rings. The van der Waals surface area contributed by atoms with Crippen LogP contribution >= 0.6 is 46.9 Å². The van der Waals surface area contributed by atoms with Gasteiger partial charge in [0.1, 0.15) is 17.2 Å². The summed E-state index contributed by atoms with van der Waals surface area (Å²) in [7, 11) is 3.07. The molecule has 0 spiro atoms. The van der Waals surface area contributed by atoms with Crippen molar-refractivity contribution < 1.29 is 53.4 Å². The number of halogens is 1. The van der Waals surface area contributed by atoms with Crippen molar-refractivity contribution >= 4 is 64.8 Å². The van der Waals surface area contributed by atoms with Crippen LogP contribution in [0.15, 0.2) is 136 Å². The maximum Gasteiger partial charge on any atom is 0.344 e. The molecule has 6 rings (SSSR count). The highest BCUT2D eigenvalue weighted by Crippen LogP contribution is 2.33. The van der Waals surface area contributed by atoms with Crippen LogP contribution in [0.4, 0.5) is 0 Å². The molecule has 0 bridgehead atoms. The fourth-order valence-corrected chi connectivity index (χ4v) is 10.1. The zero-order chi connectivity index (χ0) is 53.5. The number of nitriles is 1. The number of thioether (sulfide) groups is 3. The van der Waals surface area contributed by atoms with Gasteiger partial charge in [-0.05, 0) is 137 Å². The largest absolute Gasteiger partial charge is 0.497 e. The fourth-order valence-electron chi connectivity index (χ4n) is 6.60. The molecule has 0 saturated heterocycles. The molecule has 3 atom stereocenters. The lowest BCUT2D eigenvalue weighted by Gasteiger charge is -2.17. The van der Waals surface area contributed by atoms with Crippen LogP contribution in [0.1, 0.15) is 58.2 Å². The molecule has 0 aliphatic heterocycles. The Morgan fingerprint density at radius 2 is 0.863 bits per heavy atom. The van der Waals surface area contributed by atoms with Gasteiger partial charge in [0.05, 0.1) is 25.9 Å². The number of aliphatic carboxylic acids is 3. The number of carboxylic acid groups (broad SMARTS) is 3. The van der Waals surface area contributed by atoms with Crippen LogP contribution in [0, 0.1) is 52.9 Å². The van der Waals surface area contributed by atoms with Crippen molar-refractivity contribution in [3.63, 3.8) is 0 Å². The van der Waals surface area contributed by atoms with E-state index in [-0.39, 0.29) is 0 Å². The lowest BCUT2D eigenvalue weighted by atomic mass is 10.2. The van der Waals surface area contributed by atoms with Gasteiger partial charge in [-0.2, -0.15) is 5.26 Å². The maximum atomic E-state index is 11.5. The lowest BCUT2D eigenvalue weighted by molar-refractivity contribution is -0.146. The van der Waals surface area contributed by atoms with Crippen LogP contribution in [0.2, 0.25) is 5.02 Å². The summed E-state index contributed by atoms with van der Waals surface area (Å²) in [6.45, 7) is 12.3. The van der Waals surface area contributed by atoms with Crippen LogP contribution < -0.4 is 23.7 Å². The van der Waals surface area contributed by atoms with E-state index in [1.54, 1.807) is 109 Å². The number of hydrogen-bond donors (Lipinski definition) is 3. The van der Waals surface area contributed by atoms with E-state index in [2.05, 4.69) is 68.4 Å². The standard InChI is InChI=1S/C19H21ClO4S.C19H19NO3S.C19H22O4S/c1-12-4-5-13(2)18(10-12)25-9-8-16(19(21)22)24-15-7-6-14(20)11-17(15)23-3;1-13-3-4-14(2)18(11-13)24-10-9-17(19(21)22)23-16-7-5-15(12-20)6-8-16;1-13-4-5-14(2)18(12-13)24-11-10-17(19(20)21)23-16-8-6-15(22-3)7-9-16/h4-7,10-11,16H,8-9H2,1-3H3,(H,21,22);3-8,11,17H,9-10H2,1-2H3,(H,21,22);4-9,12,17H,10-11H2,1-3H3,(H,20,21). The first-order valence-electron chi connectivity index (χ1n) is 23.2. The zero-order valence-corrected chi connectivity index (χ0v) is 45.4. The molecular formula is C57H62ClNO11S3. The Kier molecular flexibility index (Phi) is 24.8. The minimum Gasteiger partial charge on any atom is -0.497 e. The van der Waals surface area contributed by atoms with Gasteiger partial charge in [-0.25, -0.2) is 14.4 Å². The SMILES string of the molecule is COc1cc(Cl)ccc1OC(CCSc1cc(C)ccc1C)C(=O)O.COc1ccc(OC(CCSc2cc(C)ccc2C)C(=O)O)cc1.Cc1ccc(C)c(SCCC(Oc2ccc(C#N)cc2)C(=O)O)c1. The molecule has 16 heteroatoms. The van der Waals surface area contributed by atoms with Gasteiger partial charge in [-0.1, -0.05) is 64.7 Å². The Hall–Kier alpha value is -6.44. The third kappa shape index (κ3) is 20.5.